The summed E-state index contributed by atoms with van der Waals surface area (Å²) in [5.41, 5.74) is 2.16. The van der Waals surface area contributed by atoms with E-state index in [0.29, 0.717) is 32.9 Å². The number of amides is 2. The molecule has 0 bridgehead atoms. The van der Waals surface area contributed by atoms with E-state index in [4.69, 9.17) is 27.9 Å². The van der Waals surface area contributed by atoms with Gasteiger partial charge in [-0.3, -0.25) is 9.59 Å². The molecule has 3 rings (SSSR count). The van der Waals surface area contributed by atoms with Gasteiger partial charge in [-0.1, -0.05) is 53.7 Å². The van der Waals surface area contributed by atoms with Crippen LogP contribution in [0.3, 0.4) is 0 Å². The zero-order valence-corrected chi connectivity index (χ0v) is 17.4. The molecule has 28 heavy (non-hydrogen) atoms. The van der Waals surface area contributed by atoms with Crippen molar-refractivity contribution in [1.29, 1.82) is 0 Å². The molecule has 1 saturated heterocycles. The topological polar surface area (TPSA) is 67.4 Å². The van der Waals surface area contributed by atoms with E-state index >= 15 is 0 Å². The molecule has 2 amide bonds. The van der Waals surface area contributed by atoms with Crippen molar-refractivity contribution < 1.29 is 14.3 Å². The number of halogens is 2. The maximum atomic E-state index is 12.5. The molecule has 1 aliphatic rings. The van der Waals surface area contributed by atoms with Crippen LogP contribution in [0.5, 0.6) is 5.75 Å². The molecule has 1 heterocycles. The van der Waals surface area contributed by atoms with Crippen molar-refractivity contribution in [1.82, 2.24) is 5.32 Å². The number of hydrogen-bond acceptors (Lipinski definition) is 4. The van der Waals surface area contributed by atoms with E-state index in [-0.39, 0.29) is 23.5 Å². The number of ether oxygens (including phenoxy) is 1. The molecule has 8 heteroatoms. The summed E-state index contributed by atoms with van der Waals surface area (Å²) in [6.07, 6.45) is 0.643. The molecule has 146 valence electrons. The van der Waals surface area contributed by atoms with Gasteiger partial charge in [0.1, 0.15) is 5.75 Å². The highest BCUT2D eigenvalue weighted by atomic mass is 35.5. The Bertz CT molecular complexity index is 949. The SMILES string of the molecule is C=C1NC(=O)C(Cc2ccc(OC)c(CC(=O)Nc3ccc(Cl)cc3Cl)c2)S1. The van der Waals surface area contributed by atoms with Crippen LogP contribution in [-0.2, 0) is 22.4 Å². The van der Waals surface area contributed by atoms with E-state index in [1.54, 1.807) is 31.4 Å². The van der Waals surface area contributed by atoms with Gasteiger partial charge < -0.3 is 15.4 Å². The molecule has 0 radical (unpaired) electrons. The fraction of sp³-hybridized carbons (Fsp3) is 0.200. The third-order valence-electron chi connectivity index (χ3n) is 4.16. The van der Waals surface area contributed by atoms with Crippen molar-refractivity contribution in [2.75, 3.05) is 12.4 Å². The van der Waals surface area contributed by atoms with Crippen LogP contribution in [0.2, 0.25) is 10.0 Å². The number of nitrogens with one attached hydrogen (secondary N) is 2. The molecule has 5 nitrogen and oxygen atoms in total. The average Bonchev–Trinajstić information content (AvgIpc) is 2.95. The predicted molar refractivity (Wildman–Crippen MR) is 114 cm³/mol. The summed E-state index contributed by atoms with van der Waals surface area (Å²) in [5.74, 6) is 0.317. The molecule has 2 N–H and O–H groups in total. The second-order valence-corrected chi connectivity index (χ2v) is 8.36. The van der Waals surface area contributed by atoms with Crippen molar-refractivity contribution in [3.05, 3.63) is 69.2 Å². The predicted octanol–water partition coefficient (Wildman–Crippen LogP) is 4.43. The Morgan fingerprint density at radius 2 is 2.07 bits per heavy atom. The van der Waals surface area contributed by atoms with Crippen molar-refractivity contribution >= 4 is 52.5 Å². The zero-order valence-electron chi connectivity index (χ0n) is 15.1. The Labute approximate surface area is 177 Å². The Hall–Kier alpha value is -2.15. The number of benzene rings is 2. The number of carbonyl (C=O) groups is 2. The number of thioether (sulfide) groups is 1. The van der Waals surface area contributed by atoms with E-state index in [0.717, 1.165) is 11.1 Å². The second-order valence-electron chi connectivity index (χ2n) is 6.22. The molecule has 2 aromatic rings. The molecule has 1 aliphatic heterocycles. The van der Waals surface area contributed by atoms with Crippen LogP contribution in [-0.4, -0.2) is 24.2 Å². The van der Waals surface area contributed by atoms with E-state index < -0.39 is 0 Å². The van der Waals surface area contributed by atoms with Crippen molar-refractivity contribution in [3.8, 4) is 5.75 Å². The van der Waals surface area contributed by atoms with Crippen molar-refractivity contribution in [2.24, 2.45) is 0 Å². The third kappa shape index (κ3) is 5.01. The molecular weight excluding hydrogens is 419 g/mol. The summed E-state index contributed by atoms with van der Waals surface area (Å²) in [4.78, 5) is 24.4. The van der Waals surface area contributed by atoms with E-state index in [9.17, 15) is 9.59 Å². The summed E-state index contributed by atoms with van der Waals surface area (Å²) in [5, 5.41) is 6.78. The Morgan fingerprint density at radius 3 is 2.71 bits per heavy atom. The molecule has 1 unspecified atom stereocenters. The van der Waals surface area contributed by atoms with Gasteiger partial charge in [0.25, 0.3) is 0 Å². The van der Waals surface area contributed by atoms with E-state index in [2.05, 4.69) is 17.2 Å². The summed E-state index contributed by atoms with van der Waals surface area (Å²) in [6.45, 7) is 3.77. The quantitative estimate of drug-likeness (QED) is 0.702. The lowest BCUT2D eigenvalue weighted by molar-refractivity contribution is -0.119. The number of anilines is 1. The summed E-state index contributed by atoms with van der Waals surface area (Å²) >= 11 is 13.4. The van der Waals surface area contributed by atoms with Crippen LogP contribution >= 0.6 is 35.0 Å². The number of rotatable bonds is 6. The van der Waals surface area contributed by atoms with Crippen LogP contribution in [0, 0.1) is 0 Å². The minimum Gasteiger partial charge on any atom is -0.496 e. The van der Waals surface area contributed by atoms with Crippen LogP contribution in [0.1, 0.15) is 11.1 Å². The lowest BCUT2D eigenvalue weighted by atomic mass is 10.0. The molecule has 0 spiro atoms. The molecule has 1 fully saturated rings. The Morgan fingerprint density at radius 1 is 1.29 bits per heavy atom. The van der Waals surface area contributed by atoms with Crippen LogP contribution in [0.4, 0.5) is 5.69 Å². The fourth-order valence-electron chi connectivity index (χ4n) is 2.88. The Balaban J connectivity index is 1.73. The number of hydrogen-bond donors (Lipinski definition) is 2. The monoisotopic (exact) mass is 436 g/mol. The first-order valence-electron chi connectivity index (χ1n) is 8.43. The molecule has 0 saturated carbocycles. The smallest absolute Gasteiger partial charge is 0.238 e. The standard InChI is InChI=1S/C20H18Cl2N2O3S/c1-11-23-20(26)18(28-11)8-12-3-6-17(27-2)13(7-12)9-19(25)24-16-5-4-14(21)10-15(16)22/h3-7,10,18H,1,8-9H2,2H3,(H,23,26)(H,24,25). The molecule has 0 aromatic heterocycles. The lowest BCUT2D eigenvalue weighted by Gasteiger charge is -2.13. The van der Waals surface area contributed by atoms with Gasteiger partial charge in [-0.15, -0.1) is 0 Å². The van der Waals surface area contributed by atoms with Gasteiger partial charge in [0, 0.05) is 10.6 Å². The first kappa shape index (κ1) is 20.6. The molecule has 0 aliphatic carbocycles. The van der Waals surface area contributed by atoms with Gasteiger partial charge >= 0.3 is 0 Å². The average molecular weight is 437 g/mol. The highest BCUT2D eigenvalue weighted by Gasteiger charge is 2.28. The first-order chi connectivity index (χ1) is 13.4. The second kappa shape index (κ2) is 8.90. The van der Waals surface area contributed by atoms with Crippen LogP contribution < -0.4 is 15.4 Å². The minimum absolute atomic E-state index is 0.0532. The van der Waals surface area contributed by atoms with Gasteiger partial charge in [-0.05, 0) is 36.2 Å². The summed E-state index contributed by atoms with van der Waals surface area (Å²) in [6, 6.07) is 10.5. The minimum atomic E-state index is -0.235. The normalized spacial score (nSPS) is 16.0. The maximum Gasteiger partial charge on any atom is 0.238 e. The fourth-order valence-corrected chi connectivity index (χ4v) is 4.28. The van der Waals surface area contributed by atoms with Gasteiger partial charge in [-0.2, -0.15) is 0 Å². The van der Waals surface area contributed by atoms with E-state index in [1.807, 2.05) is 12.1 Å². The van der Waals surface area contributed by atoms with Gasteiger partial charge in [0.05, 0.1) is 34.5 Å². The molecular formula is C20H18Cl2N2O3S. The molecule has 1 atom stereocenters. The third-order valence-corrected chi connectivity index (χ3v) is 5.76. The highest BCUT2D eigenvalue weighted by molar-refractivity contribution is 8.04. The van der Waals surface area contributed by atoms with Crippen molar-refractivity contribution in [2.45, 2.75) is 18.1 Å². The summed E-state index contributed by atoms with van der Waals surface area (Å²) in [7, 11) is 1.55. The van der Waals surface area contributed by atoms with Crippen molar-refractivity contribution in [3.63, 3.8) is 0 Å². The lowest BCUT2D eigenvalue weighted by Crippen LogP contribution is -2.23. The molecule has 2 aromatic carbocycles. The van der Waals surface area contributed by atoms with Gasteiger partial charge in [-0.25, -0.2) is 0 Å². The number of carbonyl (C=O) groups excluding carboxylic acids is 2. The Kier molecular flexibility index (Phi) is 6.54. The first-order valence-corrected chi connectivity index (χ1v) is 10.1. The van der Waals surface area contributed by atoms with Crippen LogP contribution in [0.15, 0.2) is 48.0 Å². The number of methoxy groups -OCH3 is 1. The maximum absolute atomic E-state index is 12.5. The van der Waals surface area contributed by atoms with Gasteiger partial charge in [0.15, 0.2) is 0 Å². The largest absolute Gasteiger partial charge is 0.496 e. The van der Waals surface area contributed by atoms with E-state index in [1.165, 1.54) is 11.8 Å². The van der Waals surface area contributed by atoms with Crippen LogP contribution in [0.25, 0.3) is 0 Å². The van der Waals surface area contributed by atoms with Gasteiger partial charge in [0.2, 0.25) is 11.8 Å². The summed E-state index contributed by atoms with van der Waals surface area (Å²) < 4.78 is 5.38. The highest BCUT2D eigenvalue weighted by Crippen LogP contribution is 2.30. The zero-order chi connectivity index (χ0) is 20.3.